The average Bonchev–Trinajstić information content (AvgIpc) is 3.32. The van der Waals surface area contributed by atoms with Crippen molar-refractivity contribution >= 4 is 11.8 Å². The van der Waals surface area contributed by atoms with E-state index in [1.807, 2.05) is 0 Å². The van der Waals surface area contributed by atoms with Crippen LogP contribution in [0.5, 0.6) is 0 Å². The number of β-amino-alcohol motifs (C(OH)–C–C–N with tert-alkyl or cyclic N) is 1. The largest absolute Gasteiger partial charge is 0.377 e. The van der Waals surface area contributed by atoms with Crippen molar-refractivity contribution in [1.29, 1.82) is 0 Å². The Labute approximate surface area is 188 Å². The zero-order valence-electron chi connectivity index (χ0n) is 19.2. The third-order valence-corrected chi connectivity index (χ3v) is 9.78. The molecule has 2 aliphatic carbocycles. The predicted molar refractivity (Wildman–Crippen MR) is 126 cm³/mol. The molecule has 30 heavy (non-hydrogen) atoms. The van der Waals surface area contributed by atoms with Gasteiger partial charge in [0.25, 0.3) is 0 Å². The van der Waals surface area contributed by atoms with E-state index in [1.165, 1.54) is 70.0 Å². The zero-order chi connectivity index (χ0) is 21.1. The maximum atomic E-state index is 11.3. The summed E-state index contributed by atoms with van der Waals surface area (Å²) in [6, 6.07) is 1.62. The lowest BCUT2D eigenvalue weighted by atomic mass is 9.86. The van der Waals surface area contributed by atoms with Gasteiger partial charge in [-0.3, -0.25) is 15.1 Å². The van der Waals surface area contributed by atoms with Gasteiger partial charge < -0.3 is 10.2 Å². The number of nitrogens with zero attached hydrogens (tertiary/aromatic N) is 2. The van der Waals surface area contributed by atoms with E-state index in [1.54, 1.807) is 0 Å². The molecule has 0 spiro atoms. The Morgan fingerprint density at radius 3 is 2.57 bits per heavy atom. The van der Waals surface area contributed by atoms with Gasteiger partial charge in [-0.2, -0.15) is 11.8 Å². The van der Waals surface area contributed by atoms with Gasteiger partial charge in [0.2, 0.25) is 0 Å². The zero-order valence-corrected chi connectivity index (χ0v) is 20.0. The van der Waals surface area contributed by atoms with Crippen LogP contribution in [0.25, 0.3) is 0 Å². The third kappa shape index (κ3) is 5.37. The van der Waals surface area contributed by atoms with Crippen molar-refractivity contribution in [2.75, 3.05) is 18.8 Å². The summed E-state index contributed by atoms with van der Waals surface area (Å²) in [5.41, 5.74) is 0. The highest BCUT2D eigenvalue weighted by Gasteiger charge is 2.48. The van der Waals surface area contributed by atoms with Crippen molar-refractivity contribution in [2.24, 2.45) is 5.92 Å². The number of likely N-dealkylation sites (tertiary alicyclic amines) is 1. The summed E-state index contributed by atoms with van der Waals surface area (Å²) >= 11 is 2.08. The van der Waals surface area contributed by atoms with Crippen LogP contribution in [0.4, 0.5) is 0 Å². The Kier molecular flexibility index (Phi) is 8.43. The summed E-state index contributed by atoms with van der Waals surface area (Å²) in [4.78, 5) is 4.84. The molecule has 7 atom stereocenters. The number of likely N-dealkylation sites (N-methyl/N-ethyl adjacent to an activating group) is 1. The summed E-state index contributed by atoms with van der Waals surface area (Å²) in [5.74, 6) is 1.99. The fraction of sp³-hybridized carbons (Fsp3) is 1.00. The first-order valence-corrected chi connectivity index (χ1v) is 13.9. The van der Waals surface area contributed by atoms with E-state index in [4.69, 9.17) is 0 Å². The van der Waals surface area contributed by atoms with Gasteiger partial charge in [0.05, 0.1) is 6.04 Å². The highest BCUT2D eigenvalue weighted by atomic mass is 32.2. The molecule has 0 bridgehead atoms. The molecular formula is C24H45N3O2S. The molecule has 0 radical (unpaired) electrons. The summed E-state index contributed by atoms with van der Waals surface area (Å²) in [6.45, 7) is 6.13. The van der Waals surface area contributed by atoms with Crippen LogP contribution in [0.3, 0.4) is 0 Å². The lowest BCUT2D eigenvalue weighted by Gasteiger charge is -2.42. The van der Waals surface area contributed by atoms with Gasteiger partial charge in [0.1, 0.15) is 12.5 Å². The number of rotatable bonds is 8. The molecule has 2 saturated heterocycles. The van der Waals surface area contributed by atoms with E-state index in [-0.39, 0.29) is 6.04 Å². The number of fused-ring (bicyclic) bond motifs is 1. The van der Waals surface area contributed by atoms with Crippen LogP contribution >= 0.6 is 11.8 Å². The first-order valence-electron chi connectivity index (χ1n) is 12.8. The Bertz CT molecular complexity index is 533. The molecule has 7 unspecified atom stereocenters. The van der Waals surface area contributed by atoms with E-state index < -0.39 is 12.5 Å². The Morgan fingerprint density at radius 2 is 1.83 bits per heavy atom. The van der Waals surface area contributed by atoms with Crippen LogP contribution in [0.15, 0.2) is 0 Å². The number of hydrogen-bond acceptors (Lipinski definition) is 6. The topological polar surface area (TPSA) is 59.0 Å². The molecule has 3 N–H and O–H groups in total. The van der Waals surface area contributed by atoms with E-state index in [0.717, 1.165) is 18.9 Å². The van der Waals surface area contributed by atoms with E-state index in [0.29, 0.717) is 29.9 Å². The lowest BCUT2D eigenvalue weighted by molar-refractivity contribution is -0.0731. The second-order valence-electron chi connectivity index (χ2n) is 10.4. The van der Waals surface area contributed by atoms with Gasteiger partial charge >= 0.3 is 0 Å². The summed E-state index contributed by atoms with van der Waals surface area (Å²) in [6.07, 6.45) is 12.7. The van der Waals surface area contributed by atoms with Crippen LogP contribution in [0, 0.1) is 5.92 Å². The van der Waals surface area contributed by atoms with Crippen LogP contribution in [0.2, 0.25) is 0 Å². The summed E-state index contributed by atoms with van der Waals surface area (Å²) in [7, 11) is 0. The van der Waals surface area contributed by atoms with Crippen molar-refractivity contribution in [3.63, 3.8) is 0 Å². The molecule has 6 heteroatoms. The van der Waals surface area contributed by atoms with Gasteiger partial charge in [-0.05, 0) is 56.7 Å². The van der Waals surface area contributed by atoms with Crippen LogP contribution < -0.4 is 5.32 Å². The van der Waals surface area contributed by atoms with Crippen LogP contribution in [0.1, 0.15) is 84.5 Å². The maximum absolute atomic E-state index is 11.3. The first-order chi connectivity index (χ1) is 14.6. The minimum atomic E-state index is -0.476. The van der Waals surface area contributed by atoms with Crippen molar-refractivity contribution in [3.05, 3.63) is 0 Å². The first kappa shape index (κ1) is 23.3. The molecule has 0 aromatic carbocycles. The molecule has 4 aliphatic rings. The van der Waals surface area contributed by atoms with E-state index in [9.17, 15) is 10.2 Å². The quantitative estimate of drug-likeness (QED) is 0.504. The standard InChI is InChI=1S/C24H45N3O2S/c1-3-26(19-11-7-8-17(2)14-19)23(28)16-27-20-12-13-30-22(20)15-21(27)24(29)25-18-9-5-4-6-10-18/h17-25,28-29H,3-16H2,1-2H3. The maximum Gasteiger partial charge on any atom is 0.120 e. The number of thioether (sulfide) groups is 1. The minimum absolute atomic E-state index is 0.133. The molecule has 5 nitrogen and oxygen atoms in total. The van der Waals surface area contributed by atoms with Gasteiger partial charge in [0, 0.05) is 29.9 Å². The predicted octanol–water partition coefficient (Wildman–Crippen LogP) is 3.39. The highest BCUT2D eigenvalue weighted by Crippen LogP contribution is 2.42. The fourth-order valence-corrected chi connectivity index (χ4v) is 8.30. The summed E-state index contributed by atoms with van der Waals surface area (Å²) < 4.78 is 0. The summed E-state index contributed by atoms with van der Waals surface area (Å²) in [5, 5.41) is 26.7. The van der Waals surface area contributed by atoms with Gasteiger partial charge in [-0.1, -0.05) is 46.0 Å². The molecule has 2 aliphatic heterocycles. The number of nitrogens with one attached hydrogen (secondary N) is 1. The number of aliphatic hydroxyl groups is 2. The second-order valence-corrected chi connectivity index (χ2v) is 11.8. The SMILES string of the molecule is CCN(C(O)CN1C(C(O)NC2CCCCC2)CC2SCCC21)C1CCCC(C)C1. The number of aliphatic hydroxyl groups excluding tert-OH is 2. The molecule has 2 saturated carbocycles. The molecule has 0 aromatic rings. The molecule has 4 rings (SSSR count). The monoisotopic (exact) mass is 439 g/mol. The Morgan fingerprint density at radius 1 is 1.03 bits per heavy atom. The van der Waals surface area contributed by atoms with Gasteiger partial charge in [-0.25, -0.2) is 0 Å². The number of hydrogen-bond donors (Lipinski definition) is 3. The smallest absolute Gasteiger partial charge is 0.120 e. The Hall–Kier alpha value is 0.150. The third-order valence-electron chi connectivity index (χ3n) is 8.38. The van der Waals surface area contributed by atoms with Crippen molar-refractivity contribution in [1.82, 2.24) is 15.1 Å². The minimum Gasteiger partial charge on any atom is -0.377 e. The molecule has 174 valence electrons. The van der Waals surface area contributed by atoms with Gasteiger partial charge in [-0.15, -0.1) is 0 Å². The normalized spacial score (nSPS) is 38.1. The van der Waals surface area contributed by atoms with Gasteiger partial charge in [0.15, 0.2) is 0 Å². The lowest BCUT2D eigenvalue weighted by Crippen LogP contribution is -2.56. The second kappa shape index (κ2) is 10.8. The van der Waals surface area contributed by atoms with Crippen molar-refractivity contribution in [3.8, 4) is 0 Å². The van der Waals surface area contributed by atoms with E-state index in [2.05, 4.69) is 40.7 Å². The molecular weight excluding hydrogens is 394 g/mol. The van der Waals surface area contributed by atoms with Crippen LogP contribution in [-0.4, -0.2) is 80.7 Å². The molecule has 4 fully saturated rings. The highest BCUT2D eigenvalue weighted by molar-refractivity contribution is 8.00. The molecule has 0 amide bonds. The Balaban J connectivity index is 1.40. The van der Waals surface area contributed by atoms with Crippen molar-refractivity contribution < 1.29 is 10.2 Å². The van der Waals surface area contributed by atoms with E-state index >= 15 is 0 Å². The molecule has 2 heterocycles. The van der Waals surface area contributed by atoms with Crippen LogP contribution in [-0.2, 0) is 0 Å². The van der Waals surface area contributed by atoms with Crippen molar-refractivity contribution in [2.45, 2.75) is 126 Å². The average molecular weight is 440 g/mol. The fourth-order valence-electron chi connectivity index (χ4n) is 6.77. The molecule has 0 aromatic heterocycles.